The van der Waals surface area contributed by atoms with Gasteiger partial charge in [0.25, 0.3) is 0 Å². The fourth-order valence-corrected chi connectivity index (χ4v) is 1.29. The third kappa shape index (κ3) is 1.01. The van der Waals surface area contributed by atoms with Gasteiger partial charge in [0.05, 0.1) is 0 Å². The van der Waals surface area contributed by atoms with E-state index in [4.69, 9.17) is 12.2 Å². The SMILES string of the molecule is CC1NC(=S)N(C)C1C. The van der Waals surface area contributed by atoms with Crippen molar-refractivity contribution in [1.82, 2.24) is 10.2 Å². The second-order valence-electron chi connectivity index (χ2n) is 2.59. The summed E-state index contributed by atoms with van der Waals surface area (Å²) in [6.45, 7) is 4.30. The Balaban J connectivity index is 2.65. The maximum Gasteiger partial charge on any atom is 0.169 e. The number of thiocarbonyl (C=S) groups is 1. The lowest BCUT2D eigenvalue weighted by Gasteiger charge is -2.16. The van der Waals surface area contributed by atoms with Crippen molar-refractivity contribution < 1.29 is 0 Å². The van der Waals surface area contributed by atoms with Gasteiger partial charge in [0.15, 0.2) is 5.11 Å². The topological polar surface area (TPSA) is 15.3 Å². The maximum atomic E-state index is 5.01. The smallest absolute Gasteiger partial charge is 0.169 e. The van der Waals surface area contributed by atoms with Crippen LogP contribution < -0.4 is 5.32 Å². The highest BCUT2D eigenvalue weighted by molar-refractivity contribution is 7.80. The molecule has 1 heterocycles. The van der Waals surface area contributed by atoms with Crippen LogP contribution in [0.5, 0.6) is 0 Å². The zero-order valence-electron chi connectivity index (χ0n) is 6.01. The zero-order valence-corrected chi connectivity index (χ0v) is 6.83. The molecular formula is C6H12N2S. The Morgan fingerprint density at radius 2 is 2.11 bits per heavy atom. The van der Waals surface area contributed by atoms with Crippen LogP contribution in [0, 0.1) is 0 Å². The standard InChI is InChI=1S/C6H12N2S/c1-4-5(2)8(3)6(9)7-4/h4-5H,1-3H3,(H,7,9). The first-order valence-electron chi connectivity index (χ1n) is 3.16. The summed E-state index contributed by atoms with van der Waals surface area (Å²) >= 11 is 5.01. The van der Waals surface area contributed by atoms with Crippen molar-refractivity contribution >= 4 is 17.3 Å². The molecule has 2 unspecified atom stereocenters. The molecule has 1 N–H and O–H groups in total. The Morgan fingerprint density at radius 3 is 2.22 bits per heavy atom. The van der Waals surface area contributed by atoms with Crippen LogP contribution in [-0.2, 0) is 0 Å². The van der Waals surface area contributed by atoms with Gasteiger partial charge in [-0.05, 0) is 26.1 Å². The molecule has 0 spiro atoms. The van der Waals surface area contributed by atoms with Gasteiger partial charge < -0.3 is 10.2 Å². The average molecular weight is 144 g/mol. The van der Waals surface area contributed by atoms with E-state index in [1.54, 1.807) is 0 Å². The molecule has 1 aliphatic rings. The largest absolute Gasteiger partial charge is 0.358 e. The monoisotopic (exact) mass is 144 g/mol. The van der Waals surface area contributed by atoms with Gasteiger partial charge in [-0.2, -0.15) is 0 Å². The van der Waals surface area contributed by atoms with E-state index in [9.17, 15) is 0 Å². The van der Waals surface area contributed by atoms with E-state index in [2.05, 4.69) is 24.1 Å². The molecule has 52 valence electrons. The average Bonchev–Trinajstić information content (AvgIpc) is 1.98. The first-order chi connectivity index (χ1) is 4.13. The second kappa shape index (κ2) is 2.14. The van der Waals surface area contributed by atoms with Crippen molar-refractivity contribution in [1.29, 1.82) is 0 Å². The predicted octanol–water partition coefficient (Wildman–Crippen LogP) is 0.583. The van der Waals surface area contributed by atoms with Crippen LogP contribution >= 0.6 is 12.2 Å². The summed E-state index contributed by atoms with van der Waals surface area (Å²) in [6.07, 6.45) is 0. The minimum atomic E-state index is 0.502. The van der Waals surface area contributed by atoms with E-state index in [0.29, 0.717) is 12.1 Å². The highest BCUT2D eigenvalue weighted by atomic mass is 32.1. The molecule has 2 nitrogen and oxygen atoms in total. The van der Waals surface area contributed by atoms with E-state index in [1.807, 2.05) is 7.05 Å². The molecule has 1 saturated heterocycles. The van der Waals surface area contributed by atoms with Crippen LogP contribution in [0.3, 0.4) is 0 Å². The molecule has 0 saturated carbocycles. The van der Waals surface area contributed by atoms with Crippen molar-refractivity contribution in [3.8, 4) is 0 Å². The molecule has 1 fully saturated rings. The maximum absolute atomic E-state index is 5.01. The Hall–Kier alpha value is -0.310. The van der Waals surface area contributed by atoms with Crippen molar-refractivity contribution in [2.45, 2.75) is 25.9 Å². The lowest BCUT2D eigenvalue weighted by molar-refractivity contribution is 0.397. The van der Waals surface area contributed by atoms with Crippen molar-refractivity contribution in [3.63, 3.8) is 0 Å². The Bertz CT molecular complexity index is 135. The van der Waals surface area contributed by atoms with Crippen LogP contribution in [0.25, 0.3) is 0 Å². The van der Waals surface area contributed by atoms with Gasteiger partial charge in [0, 0.05) is 19.1 Å². The number of nitrogens with zero attached hydrogens (tertiary/aromatic N) is 1. The third-order valence-electron chi connectivity index (χ3n) is 2.01. The summed E-state index contributed by atoms with van der Waals surface area (Å²) in [5, 5.41) is 4.04. The van der Waals surface area contributed by atoms with E-state index in [1.165, 1.54) is 0 Å². The van der Waals surface area contributed by atoms with E-state index in [-0.39, 0.29) is 0 Å². The first kappa shape index (κ1) is 6.81. The summed E-state index contributed by atoms with van der Waals surface area (Å²) in [7, 11) is 2.02. The molecule has 1 aliphatic heterocycles. The van der Waals surface area contributed by atoms with Crippen molar-refractivity contribution in [2.24, 2.45) is 0 Å². The highest BCUT2D eigenvalue weighted by Gasteiger charge is 2.26. The van der Waals surface area contributed by atoms with Crippen LogP contribution in [0.15, 0.2) is 0 Å². The lowest BCUT2D eigenvalue weighted by atomic mass is 10.2. The second-order valence-corrected chi connectivity index (χ2v) is 2.98. The molecule has 0 aromatic carbocycles. The number of likely N-dealkylation sites (N-methyl/N-ethyl adjacent to an activating group) is 1. The summed E-state index contributed by atoms with van der Waals surface area (Å²) in [6, 6.07) is 1.04. The van der Waals surface area contributed by atoms with E-state index in [0.717, 1.165) is 5.11 Å². The molecule has 2 atom stereocenters. The Morgan fingerprint density at radius 1 is 1.56 bits per heavy atom. The molecule has 0 radical (unpaired) electrons. The van der Waals surface area contributed by atoms with Gasteiger partial charge in [0.1, 0.15) is 0 Å². The number of rotatable bonds is 0. The quantitative estimate of drug-likeness (QED) is 0.501. The van der Waals surface area contributed by atoms with Crippen LogP contribution in [0.1, 0.15) is 13.8 Å². The third-order valence-corrected chi connectivity index (χ3v) is 2.41. The highest BCUT2D eigenvalue weighted by Crippen LogP contribution is 2.09. The van der Waals surface area contributed by atoms with Crippen LogP contribution in [0.2, 0.25) is 0 Å². The van der Waals surface area contributed by atoms with Gasteiger partial charge >= 0.3 is 0 Å². The molecule has 3 heteroatoms. The molecular weight excluding hydrogens is 132 g/mol. The summed E-state index contributed by atoms with van der Waals surface area (Å²) < 4.78 is 0. The van der Waals surface area contributed by atoms with E-state index < -0.39 is 0 Å². The van der Waals surface area contributed by atoms with E-state index >= 15 is 0 Å². The van der Waals surface area contributed by atoms with Crippen LogP contribution in [-0.4, -0.2) is 29.1 Å². The minimum Gasteiger partial charge on any atom is -0.358 e. The molecule has 0 aromatic heterocycles. The van der Waals surface area contributed by atoms with Gasteiger partial charge in [-0.1, -0.05) is 0 Å². The van der Waals surface area contributed by atoms with Gasteiger partial charge in [-0.25, -0.2) is 0 Å². The lowest BCUT2D eigenvalue weighted by Crippen LogP contribution is -2.28. The molecule has 9 heavy (non-hydrogen) atoms. The fraction of sp³-hybridized carbons (Fsp3) is 0.833. The molecule has 0 amide bonds. The fourth-order valence-electron chi connectivity index (χ4n) is 0.938. The molecule has 0 aliphatic carbocycles. The Kier molecular flexibility index (Phi) is 1.62. The van der Waals surface area contributed by atoms with Gasteiger partial charge in [0.2, 0.25) is 0 Å². The minimum absolute atomic E-state index is 0.502. The zero-order chi connectivity index (χ0) is 7.02. The summed E-state index contributed by atoms with van der Waals surface area (Å²) in [5.41, 5.74) is 0. The normalized spacial score (nSPS) is 35.0. The van der Waals surface area contributed by atoms with Crippen molar-refractivity contribution in [3.05, 3.63) is 0 Å². The predicted molar refractivity (Wildman–Crippen MR) is 42.4 cm³/mol. The number of nitrogens with one attached hydrogen (secondary N) is 1. The van der Waals surface area contributed by atoms with Crippen molar-refractivity contribution in [2.75, 3.05) is 7.05 Å². The Labute approximate surface area is 61.2 Å². The molecule has 0 aromatic rings. The molecule has 1 rings (SSSR count). The van der Waals surface area contributed by atoms with Gasteiger partial charge in [-0.3, -0.25) is 0 Å². The summed E-state index contributed by atoms with van der Waals surface area (Å²) in [4.78, 5) is 2.08. The summed E-state index contributed by atoms with van der Waals surface area (Å²) in [5.74, 6) is 0. The first-order valence-corrected chi connectivity index (χ1v) is 3.57. The van der Waals surface area contributed by atoms with Gasteiger partial charge in [-0.15, -0.1) is 0 Å². The molecule has 0 bridgehead atoms. The van der Waals surface area contributed by atoms with Crippen LogP contribution in [0.4, 0.5) is 0 Å². The number of hydrogen-bond acceptors (Lipinski definition) is 1. The number of hydrogen-bond donors (Lipinski definition) is 1.